The van der Waals surface area contributed by atoms with Gasteiger partial charge in [0.1, 0.15) is 30.0 Å². The number of halogens is 1. The molecule has 16 heteroatoms. The minimum atomic E-state index is -1.95. The maximum absolute atomic E-state index is 15.4. The molecular formula is C48H43BrN6O9. The minimum absolute atomic E-state index is 0.0103. The van der Waals surface area contributed by atoms with Crippen molar-refractivity contribution in [2.24, 2.45) is 5.92 Å². The third-order valence-electron chi connectivity index (χ3n) is 11.1. The Morgan fingerprint density at radius 2 is 1.75 bits per heavy atom. The van der Waals surface area contributed by atoms with E-state index in [-0.39, 0.29) is 53.5 Å². The Hall–Kier alpha value is -7.20. The summed E-state index contributed by atoms with van der Waals surface area (Å²) in [6.45, 7) is 8.82. The number of benzene rings is 4. The van der Waals surface area contributed by atoms with Crippen molar-refractivity contribution < 1.29 is 42.2 Å². The van der Waals surface area contributed by atoms with Gasteiger partial charge in [0.15, 0.2) is 22.6 Å². The first kappa shape index (κ1) is 42.1. The molecule has 15 nitrogen and oxygen atoms in total. The average Bonchev–Trinajstić information content (AvgIpc) is 4.06. The normalized spacial score (nSPS) is 18.2. The van der Waals surface area contributed by atoms with Gasteiger partial charge in [0, 0.05) is 44.7 Å². The SMILES string of the molecule is CC(C)[C@@H]1NC(=O)[C@@H](NC(=O)OCc2ccccc2)Cc2ccc(OC(=O)OC(C)(C)C)c(c2)[C@]2(C(=O)Nc3c(Br)cccc32)c2oc1nc2-c1ncc(-c2c[nH]c3ccccc23)o1. The largest absolute Gasteiger partial charge is 0.514 e. The number of hydrogen-bond donors (Lipinski definition) is 4. The predicted molar refractivity (Wildman–Crippen MR) is 238 cm³/mol. The molecule has 0 aliphatic carbocycles. The molecule has 3 aromatic heterocycles. The van der Waals surface area contributed by atoms with Gasteiger partial charge in [0.25, 0.3) is 0 Å². The summed E-state index contributed by atoms with van der Waals surface area (Å²) < 4.78 is 31.2. The molecule has 4 N–H and O–H groups in total. The van der Waals surface area contributed by atoms with E-state index in [4.69, 9.17) is 33.0 Å². The van der Waals surface area contributed by atoms with E-state index in [0.717, 1.165) is 22.0 Å². The number of amides is 3. The third kappa shape index (κ3) is 7.78. The number of carbonyl (C=O) groups excluding carboxylic acids is 4. The van der Waals surface area contributed by atoms with Gasteiger partial charge in [-0.1, -0.05) is 86.6 Å². The predicted octanol–water partition coefficient (Wildman–Crippen LogP) is 9.51. The zero-order chi connectivity index (χ0) is 44.9. The van der Waals surface area contributed by atoms with Crippen LogP contribution in [-0.4, -0.2) is 50.7 Å². The van der Waals surface area contributed by atoms with E-state index in [0.29, 0.717) is 27.0 Å². The van der Waals surface area contributed by atoms with Crippen LogP contribution in [0.5, 0.6) is 5.75 Å². The molecule has 64 heavy (non-hydrogen) atoms. The second kappa shape index (κ2) is 16.5. The molecular weight excluding hydrogens is 884 g/mol. The van der Waals surface area contributed by atoms with Crippen LogP contribution in [0, 0.1) is 5.92 Å². The maximum atomic E-state index is 15.4. The van der Waals surface area contributed by atoms with Crippen molar-refractivity contribution in [3.8, 4) is 28.7 Å². The molecule has 3 atom stereocenters. The van der Waals surface area contributed by atoms with Crippen molar-refractivity contribution in [1.29, 1.82) is 0 Å². The van der Waals surface area contributed by atoms with E-state index >= 15 is 4.79 Å². The van der Waals surface area contributed by atoms with Gasteiger partial charge in [-0.15, -0.1) is 0 Å². The molecule has 4 aromatic carbocycles. The quantitative estimate of drug-likeness (QED) is 0.0877. The molecule has 0 radical (unpaired) electrons. The lowest BCUT2D eigenvalue weighted by Gasteiger charge is -2.30. The van der Waals surface area contributed by atoms with Crippen molar-refractivity contribution in [3.05, 3.63) is 142 Å². The fraction of sp³-hybridized carbons (Fsp3) is 0.250. The van der Waals surface area contributed by atoms with Crippen molar-refractivity contribution >= 4 is 56.6 Å². The summed E-state index contributed by atoms with van der Waals surface area (Å²) in [5.74, 6) is -1.11. The Morgan fingerprint density at radius 1 is 0.969 bits per heavy atom. The summed E-state index contributed by atoms with van der Waals surface area (Å²) in [7, 11) is 0. The van der Waals surface area contributed by atoms with Gasteiger partial charge < -0.3 is 44.0 Å². The number of nitrogens with zero attached hydrogens (tertiary/aromatic N) is 2. The second-order valence-corrected chi connectivity index (χ2v) is 17.8. The standard InChI is InChI=1S/C48H43BrN6O9/c1-25(2)37-43-54-39(42-51-23-36(61-42)29-22-50-33-17-10-9-14-28(29)33)40(63-43)48(30-15-11-16-32(49)38(30)55-44(48)57)31-20-27(18-19-35(31)62-46(59)64-47(3,4)5)21-34(41(56)53-37)52-45(58)60-24-26-12-7-6-8-13-26/h6-20,22-23,25,34,37,50H,21,24H2,1-5H3,(H,52,58)(H,53,56)(H,55,57)/t34-,37-,48-/m0/s1. The molecule has 5 heterocycles. The summed E-state index contributed by atoms with van der Waals surface area (Å²) >= 11 is 3.63. The van der Waals surface area contributed by atoms with Gasteiger partial charge in [0.2, 0.25) is 23.6 Å². The lowest BCUT2D eigenvalue weighted by Crippen LogP contribution is -2.49. The number of rotatable bonds is 7. The first-order valence-corrected chi connectivity index (χ1v) is 21.4. The molecule has 0 saturated carbocycles. The first-order valence-electron chi connectivity index (χ1n) is 20.7. The zero-order valence-electron chi connectivity index (χ0n) is 35.4. The number of hydrogen-bond acceptors (Lipinski definition) is 11. The van der Waals surface area contributed by atoms with Gasteiger partial charge in [-0.25, -0.2) is 19.6 Å². The van der Waals surface area contributed by atoms with Crippen LogP contribution in [0.25, 0.3) is 33.8 Å². The number of H-pyrrole nitrogens is 1. The van der Waals surface area contributed by atoms with Gasteiger partial charge in [-0.05, 0) is 71.9 Å². The fourth-order valence-electron chi connectivity index (χ4n) is 8.13. The number of oxazole rings is 2. The van der Waals surface area contributed by atoms with Crippen LogP contribution in [-0.2, 0) is 37.5 Å². The van der Waals surface area contributed by atoms with Crippen LogP contribution in [0.2, 0.25) is 0 Å². The summed E-state index contributed by atoms with van der Waals surface area (Å²) in [6.07, 6.45) is 1.45. The Kier molecular flexibility index (Phi) is 10.9. The minimum Gasteiger partial charge on any atom is -0.445 e. The Morgan fingerprint density at radius 3 is 2.53 bits per heavy atom. The number of aromatic amines is 1. The summed E-state index contributed by atoms with van der Waals surface area (Å²) in [6, 6.07) is 24.9. The van der Waals surface area contributed by atoms with Crippen LogP contribution in [0.3, 0.4) is 0 Å². The highest BCUT2D eigenvalue weighted by atomic mass is 79.9. The molecule has 0 saturated heterocycles. The molecule has 0 unspecified atom stereocenters. The Labute approximate surface area is 375 Å². The number of alkyl carbamates (subject to hydrolysis) is 1. The monoisotopic (exact) mass is 926 g/mol. The van der Waals surface area contributed by atoms with E-state index in [9.17, 15) is 14.4 Å². The third-order valence-corrected chi connectivity index (χ3v) is 11.7. The smallest absolute Gasteiger partial charge is 0.445 e. The van der Waals surface area contributed by atoms with Crippen LogP contribution >= 0.6 is 15.9 Å². The zero-order valence-corrected chi connectivity index (χ0v) is 37.0. The van der Waals surface area contributed by atoms with Crippen molar-refractivity contribution in [2.45, 2.75) is 70.7 Å². The number of fused-ring (bicyclic) bond motifs is 9. The molecule has 2 aliphatic rings. The Bertz CT molecular complexity index is 2950. The number of aromatic nitrogens is 3. The molecule has 326 valence electrons. The van der Waals surface area contributed by atoms with Crippen LogP contribution in [0.15, 0.2) is 117 Å². The van der Waals surface area contributed by atoms with Crippen LogP contribution in [0.1, 0.15) is 74.6 Å². The summed E-state index contributed by atoms with van der Waals surface area (Å²) in [4.78, 5) is 69.8. The lowest BCUT2D eigenvalue weighted by atomic mass is 9.71. The van der Waals surface area contributed by atoms with Crippen molar-refractivity contribution in [2.75, 3.05) is 5.32 Å². The molecule has 1 spiro atoms. The van der Waals surface area contributed by atoms with Crippen LogP contribution < -0.4 is 20.7 Å². The summed E-state index contributed by atoms with van der Waals surface area (Å²) in [5.41, 5.74) is 1.03. The molecule has 3 amide bonds. The summed E-state index contributed by atoms with van der Waals surface area (Å²) in [5, 5.41) is 9.75. The number of ether oxygens (including phenoxy) is 3. The van der Waals surface area contributed by atoms with Crippen molar-refractivity contribution in [3.63, 3.8) is 0 Å². The van der Waals surface area contributed by atoms with Crippen molar-refractivity contribution in [1.82, 2.24) is 25.6 Å². The fourth-order valence-corrected chi connectivity index (χ4v) is 8.59. The van der Waals surface area contributed by atoms with Gasteiger partial charge >= 0.3 is 12.2 Å². The second-order valence-electron chi connectivity index (χ2n) is 17.0. The molecule has 4 bridgehead atoms. The van der Waals surface area contributed by atoms with E-state index < -0.39 is 47.2 Å². The lowest BCUT2D eigenvalue weighted by molar-refractivity contribution is -0.124. The topological polar surface area (TPSA) is 200 Å². The highest BCUT2D eigenvalue weighted by Gasteiger charge is 2.57. The average molecular weight is 928 g/mol. The van der Waals surface area contributed by atoms with E-state index in [1.807, 2.05) is 74.6 Å². The van der Waals surface area contributed by atoms with Crippen LogP contribution in [0.4, 0.5) is 15.3 Å². The molecule has 9 rings (SSSR count). The highest BCUT2D eigenvalue weighted by molar-refractivity contribution is 9.10. The number of carbonyl (C=O) groups is 4. The van der Waals surface area contributed by atoms with E-state index in [1.165, 1.54) is 6.07 Å². The van der Waals surface area contributed by atoms with Gasteiger partial charge in [-0.3, -0.25) is 9.59 Å². The molecule has 2 aliphatic heterocycles. The maximum Gasteiger partial charge on any atom is 0.514 e. The van der Waals surface area contributed by atoms with E-state index in [2.05, 4.69) is 36.9 Å². The number of para-hydroxylation sites is 2. The van der Waals surface area contributed by atoms with E-state index in [1.54, 1.807) is 57.3 Å². The number of anilines is 1. The molecule has 0 fully saturated rings. The highest BCUT2D eigenvalue weighted by Crippen LogP contribution is 2.55. The molecule has 7 aromatic rings. The van der Waals surface area contributed by atoms with Gasteiger partial charge in [0.05, 0.1) is 11.9 Å². The van der Waals surface area contributed by atoms with Gasteiger partial charge in [-0.2, -0.15) is 0 Å². The number of nitrogens with one attached hydrogen (secondary N) is 4. The first-order chi connectivity index (χ1) is 30.7. The Balaban J connectivity index is 1.27.